The summed E-state index contributed by atoms with van der Waals surface area (Å²) in [5.74, 6) is 0.933. The number of alkyl halides is 3. The van der Waals surface area contributed by atoms with Gasteiger partial charge in [0.2, 0.25) is 0 Å². The van der Waals surface area contributed by atoms with Crippen molar-refractivity contribution in [2.24, 2.45) is 28.6 Å². The zero-order chi connectivity index (χ0) is 39.2. The maximum absolute atomic E-state index is 13.9. The van der Waals surface area contributed by atoms with Gasteiger partial charge in [0.05, 0.1) is 36.6 Å². The van der Waals surface area contributed by atoms with Crippen LogP contribution in [0.5, 0.6) is 0 Å². The number of methoxy groups -OCH3 is 1. The summed E-state index contributed by atoms with van der Waals surface area (Å²) in [5.41, 5.74) is -4.12. The third-order valence-electron chi connectivity index (χ3n) is 15.0. The molecule has 1 aromatic rings. The molecule has 1 aliphatic heterocycles. The Hall–Kier alpha value is -1.35. The monoisotopic (exact) mass is 770 g/mol. The van der Waals surface area contributed by atoms with Gasteiger partial charge in [-0.1, -0.05) is 32.0 Å². The van der Waals surface area contributed by atoms with Crippen molar-refractivity contribution < 1.29 is 56.5 Å². The van der Waals surface area contributed by atoms with Gasteiger partial charge in [-0.15, -0.1) is 0 Å². The zero-order valence-corrected chi connectivity index (χ0v) is 33.4. The van der Waals surface area contributed by atoms with Crippen LogP contribution in [0.4, 0.5) is 13.2 Å². The van der Waals surface area contributed by atoms with E-state index < -0.39 is 47.0 Å². The van der Waals surface area contributed by atoms with Gasteiger partial charge in [-0.25, -0.2) is 0 Å². The molecule has 1 saturated heterocycles. The summed E-state index contributed by atoms with van der Waals surface area (Å²) in [4.78, 5) is 0. The minimum Gasteiger partial charge on any atom is -0.382 e. The van der Waals surface area contributed by atoms with E-state index in [-0.39, 0.29) is 48.8 Å². The van der Waals surface area contributed by atoms with E-state index in [1.165, 1.54) is 13.2 Å². The summed E-state index contributed by atoms with van der Waals surface area (Å²) in [6.07, 6.45) is 0.333. The fraction of sp³-hybridized carbons (Fsp3) is 0.857. The molecule has 0 bridgehead atoms. The van der Waals surface area contributed by atoms with Crippen LogP contribution in [-0.2, 0) is 39.3 Å². The molecule has 0 unspecified atom stereocenters. The quantitative estimate of drug-likeness (QED) is 0.112. The van der Waals surface area contributed by atoms with Crippen LogP contribution in [0.1, 0.15) is 116 Å². The second kappa shape index (κ2) is 16.1. The number of benzene rings is 1. The minimum atomic E-state index is -4.40. The van der Waals surface area contributed by atoms with Crippen LogP contribution in [0.25, 0.3) is 0 Å². The molecule has 13 atom stereocenters. The summed E-state index contributed by atoms with van der Waals surface area (Å²) < 4.78 is 84.6. The average molecular weight is 771 g/mol. The smallest absolute Gasteiger partial charge is 0.382 e. The van der Waals surface area contributed by atoms with Gasteiger partial charge in [0.1, 0.15) is 18.5 Å². The molecule has 0 spiro atoms. The highest BCUT2D eigenvalue weighted by molar-refractivity contribution is 5.34. The van der Waals surface area contributed by atoms with Crippen LogP contribution < -0.4 is 0 Å². The lowest BCUT2D eigenvalue weighted by Crippen LogP contribution is -2.75. The van der Waals surface area contributed by atoms with Crippen molar-refractivity contribution in [2.75, 3.05) is 46.9 Å². The molecule has 4 saturated carbocycles. The van der Waals surface area contributed by atoms with Crippen LogP contribution in [0.3, 0.4) is 0 Å². The Morgan fingerprint density at radius 1 is 0.852 bits per heavy atom. The molecule has 9 nitrogen and oxygen atoms in total. The normalized spacial score (nSPS) is 43.7. The van der Waals surface area contributed by atoms with Gasteiger partial charge in [-0.05, 0) is 126 Å². The first-order valence-electron chi connectivity index (χ1n) is 20.4. The van der Waals surface area contributed by atoms with E-state index in [0.29, 0.717) is 31.7 Å². The van der Waals surface area contributed by atoms with E-state index in [2.05, 4.69) is 13.8 Å². The van der Waals surface area contributed by atoms with Gasteiger partial charge in [0.15, 0.2) is 11.9 Å². The fourth-order valence-corrected chi connectivity index (χ4v) is 12.1. The van der Waals surface area contributed by atoms with E-state index in [1.807, 2.05) is 26.8 Å². The zero-order valence-electron chi connectivity index (χ0n) is 33.4. The third kappa shape index (κ3) is 7.10. The summed E-state index contributed by atoms with van der Waals surface area (Å²) >= 11 is 0. The molecule has 0 aromatic heterocycles. The second-order valence-electron chi connectivity index (χ2n) is 17.3. The Labute approximate surface area is 319 Å². The SMILES string of the molecule is CCOCO[C@]12CC[C@H](c3cccc(C(F)(F)F)c3)[C@@]1(C)CC[C@H]1[C@H]2CC[C@@H]2C[C@@H](O[C@@H]3O[C@@H](C)[C@@](O)(COCC)[C@@H](OC)[C@@]3(O)COCC)CC[C@@]21C. The molecule has 308 valence electrons. The Morgan fingerprint density at radius 2 is 1.56 bits per heavy atom. The van der Waals surface area contributed by atoms with Gasteiger partial charge in [-0.3, -0.25) is 0 Å². The van der Waals surface area contributed by atoms with Crippen molar-refractivity contribution in [1.82, 2.24) is 0 Å². The van der Waals surface area contributed by atoms with Gasteiger partial charge < -0.3 is 43.4 Å². The summed E-state index contributed by atoms with van der Waals surface area (Å²) in [7, 11) is 1.46. The number of ether oxygens (including phenoxy) is 7. The number of fused-ring (bicyclic) bond motifs is 5. The first kappa shape index (κ1) is 42.3. The Kier molecular flexibility index (Phi) is 12.6. The minimum absolute atomic E-state index is 0.00944. The van der Waals surface area contributed by atoms with E-state index in [9.17, 15) is 23.4 Å². The van der Waals surface area contributed by atoms with Crippen LogP contribution >= 0.6 is 0 Å². The standard InChI is InChI=1S/C42H65F3O9/c1-8-49-24-39(46)27(4)53-36(40(47,25-50-9-2)35(39)48-7)54-31-16-19-37(5)29(23-31)14-15-34-33(37)17-20-38(6)32(18-21-41(34,38)52-26-51-10-3)28-12-11-13-30(22-28)42(43,44)45/h11-13,22,27,29,31-36,46-47H,8-10,14-21,23-26H2,1-7H3/t27-,29+,31-,32+,33-,34+,35+,36-,37-,38+,39-,40-,41-/m0/s1. The lowest BCUT2D eigenvalue weighted by atomic mass is 9.43. The Morgan fingerprint density at radius 3 is 2.22 bits per heavy atom. The molecule has 2 N–H and O–H groups in total. The maximum Gasteiger partial charge on any atom is 0.416 e. The lowest BCUT2D eigenvalue weighted by Gasteiger charge is -2.65. The van der Waals surface area contributed by atoms with Crippen molar-refractivity contribution in [1.29, 1.82) is 0 Å². The number of halogens is 3. The predicted octanol–water partition coefficient (Wildman–Crippen LogP) is 7.65. The van der Waals surface area contributed by atoms with Crippen molar-refractivity contribution in [3.63, 3.8) is 0 Å². The van der Waals surface area contributed by atoms with Gasteiger partial charge >= 0.3 is 6.18 Å². The summed E-state index contributed by atoms with van der Waals surface area (Å²) in [6, 6.07) is 5.95. The highest BCUT2D eigenvalue weighted by Gasteiger charge is 2.69. The number of rotatable bonds is 14. The van der Waals surface area contributed by atoms with E-state index in [1.54, 1.807) is 13.0 Å². The molecule has 0 radical (unpaired) electrons. The van der Waals surface area contributed by atoms with Crippen LogP contribution in [0.2, 0.25) is 0 Å². The lowest BCUT2D eigenvalue weighted by molar-refractivity contribution is -0.386. The molecular weight excluding hydrogens is 705 g/mol. The van der Waals surface area contributed by atoms with Gasteiger partial charge in [0.25, 0.3) is 0 Å². The number of aliphatic hydroxyl groups is 2. The topological polar surface area (TPSA) is 105 Å². The highest BCUT2D eigenvalue weighted by Crippen LogP contribution is 2.72. The third-order valence-corrected chi connectivity index (χ3v) is 15.0. The predicted molar refractivity (Wildman–Crippen MR) is 196 cm³/mol. The largest absolute Gasteiger partial charge is 0.416 e. The molecule has 12 heteroatoms. The Balaban J connectivity index is 1.23. The first-order valence-corrected chi connectivity index (χ1v) is 20.4. The average Bonchev–Trinajstić information content (AvgIpc) is 3.45. The van der Waals surface area contributed by atoms with Crippen molar-refractivity contribution in [3.05, 3.63) is 35.4 Å². The van der Waals surface area contributed by atoms with E-state index in [4.69, 9.17) is 33.2 Å². The van der Waals surface area contributed by atoms with Crippen LogP contribution in [0, 0.1) is 28.6 Å². The molecule has 4 aliphatic carbocycles. The summed E-state index contributed by atoms with van der Waals surface area (Å²) in [6.45, 7) is 13.3. The molecule has 0 amide bonds. The Bertz CT molecular complexity index is 1410. The number of hydrogen-bond acceptors (Lipinski definition) is 9. The summed E-state index contributed by atoms with van der Waals surface area (Å²) in [5, 5.41) is 24.0. The molecule has 1 heterocycles. The fourth-order valence-electron chi connectivity index (χ4n) is 12.1. The molecule has 5 aliphatic rings. The van der Waals surface area contributed by atoms with E-state index in [0.717, 1.165) is 69.4 Å². The van der Waals surface area contributed by atoms with E-state index >= 15 is 0 Å². The number of hydrogen-bond donors (Lipinski definition) is 2. The first-order chi connectivity index (χ1) is 25.6. The van der Waals surface area contributed by atoms with Crippen molar-refractivity contribution in [2.45, 2.75) is 153 Å². The molecule has 54 heavy (non-hydrogen) atoms. The molecule has 1 aromatic carbocycles. The van der Waals surface area contributed by atoms with Gasteiger partial charge in [-0.2, -0.15) is 13.2 Å². The van der Waals surface area contributed by atoms with Crippen LogP contribution in [0.15, 0.2) is 24.3 Å². The molecule has 5 fully saturated rings. The highest BCUT2D eigenvalue weighted by atomic mass is 19.4. The maximum atomic E-state index is 13.9. The van der Waals surface area contributed by atoms with Crippen LogP contribution in [-0.4, -0.2) is 98.6 Å². The van der Waals surface area contributed by atoms with Crippen molar-refractivity contribution in [3.8, 4) is 0 Å². The molecule has 6 rings (SSSR count). The van der Waals surface area contributed by atoms with Crippen molar-refractivity contribution >= 4 is 0 Å². The molecular formula is C42H65F3O9. The second-order valence-corrected chi connectivity index (χ2v) is 17.3. The van der Waals surface area contributed by atoms with Gasteiger partial charge in [0, 0.05) is 32.3 Å².